The molecule has 0 aliphatic heterocycles. The average Bonchev–Trinajstić information content (AvgIpc) is 2.96. The molecule has 3 rings (SSSR count). The van der Waals surface area contributed by atoms with Crippen LogP contribution in [0.1, 0.15) is 39.7 Å². The van der Waals surface area contributed by atoms with E-state index in [4.69, 9.17) is 4.74 Å². The molecule has 2 amide bonds. The molecule has 0 aliphatic carbocycles. The predicted molar refractivity (Wildman–Crippen MR) is 161 cm³/mol. The van der Waals surface area contributed by atoms with E-state index in [2.05, 4.69) is 21.2 Å². The number of amides is 2. The summed E-state index contributed by atoms with van der Waals surface area (Å²) in [4.78, 5) is 28.6. The Labute approximate surface area is 245 Å². The third-order valence-corrected chi connectivity index (χ3v) is 8.78. The van der Waals surface area contributed by atoms with Gasteiger partial charge in [0.05, 0.1) is 17.2 Å². The highest BCUT2D eigenvalue weighted by molar-refractivity contribution is 9.10. The highest BCUT2D eigenvalue weighted by Crippen LogP contribution is 2.33. The maximum Gasteiger partial charge on any atom is 0.264 e. The quantitative estimate of drug-likeness (QED) is 0.274. The number of carbonyl (C=O) groups excluding carboxylic acids is 2. The zero-order valence-electron chi connectivity index (χ0n) is 23.2. The van der Waals surface area contributed by atoms with Crippen LogP contribution in [0.3, 0.4) is 0 Å². The molecule has 0 saturated heterocycles. The molecule has 0 radical (unpaired) electrons. The Kier molecular flexibility index (Phi) is 11.2. The van der Waals surface area contributed by atoms with Crippen LogP contribution in [0.25, 0.3) is 0 Å². The molecule has 0 saturated carbocycles. The number of nitrogens with zero attached hydrogens (tertiary/aromatic N) is 2. The fourth-order valence-corrected chi connectivity index (χ4v) is 5.72. The highest BCUT2D eigenvalue weighted by atomic mass is 79.9. The van der Waals surface area contributed by atoms with Crippen molar-refractivity contribution in [2.24, 2.45) is 0 Å². The molecule has 0 aromatic heterocycles. The van der Waals surface area contributed by atoms with Crippen molar-refractivity contribution < 1.29 is 22.7 Å². The van der Waals surface area contributed by atoms with Crippen LogP contribution in [-0.2, 0) is 26.2 Å². The first-order valence-corrected chi connectivity index (χ1v) is 15.5. The average molecular weight is 631 g/mol. The summed E-state index contributed by atoms with van der Waals surface area (Å²) in [6.45, 7) is 7.21. The smallest absolute Gasteiger partial charge is 0.264 e. The molecule has 10 heteroatoms. The Hall–Kier alpha value is -3.37. The van der Waals surface area contributed by atoms with Gasteiger partial charge in [0, 0.05) is 17.1 Å². The van der Waals surface area contributed by atoms with Gasteiger partial charge in [-0.3, -0.25) is 13.9 Å². The second kappa shape index (κ2) is 14.3. The van der Waals surface area contributed by atoms with Gasteiger partial charge >= 0.3 is 0 Å². The van der Waals surface area contributed by atoms with E-state index >= 15 is 0 Å². The molecule has 0 heterocycles. The Balaban J connectivity index is 2.06. The van der Waals surface area contributed by atoms with Crippen LogP contribution in [0.4, 0.5) is 5.69 Å². The lowest BCUT2D eigenvalue weighted by atomic mass is 10.1. The van der Waals surface area contributed by atoms with Gasteiger partial charge in [-0.1, -0.05) is 65.3 Å². The standard InChI is InChI=1S/C30H36BrN3O5S/c1-5-22(3)32-30(36)23(4)33(20-24-16-18-25(31)19-17-24)29(35)21-34(27-14-10-11-15-28(27)39-6-2)40(37,38)26-12-8-7-9-13-26/h7-19,22-23H,5-6,20-21H2,1-4H3,(H,32,36)/t22-,23+/m0/s1. The van der Waals surface area contributed by atoms with Crippen LogP contribution in [0, 0.1) is 0 Å². The number of halogens is 1. The molecule has 3 aromatic rings. The lowest BCUT2D eigenvalue weighted by Gasteiger charge is -2.33. The minimum Gasteiger partial charge on any atom is -0.492 e. The molecular weight excluding hydrogens is 594 g/mol. The molecule has 0 fully saturated rings. The number of carbonyl (C=O) groups is 2. The maximum atomic E-state index is 14.0. The molecule has 0 unspecified atom stereocenters. The zero-order chi connectivity index (χ0) is 29.3. The largest absolute Gasteiger partial charge is 0.492 e. The van der Waals surface area contributed by atoms with Crippen molar-refractivity contribution in [3.63, 3.8) is 0 Å². The second-order valence-corrected chi connectivity index (χ2v) is 12.1. The molecular formula is C30H36BrN3O5S. The number of hydrogen-bond donors (Lipinski definition) is 1. The summed E-state index contributed by atoms with van der Waals surface area (Å²) in [6.07, 6.45) is 0.733. The summed E-state index contributed by atoms with van der Waals surface area (Å²) >= 11 is 3.42. The van der Waals surface area contributed by atoms with Gasteiger partial charge in [0.1, 0.15) is 18.3 Å². The van der Waals surface area contributed by atoms with E-state index in [9.17, 15) is 18.0 Å². The van der Waals surface area contributed by atoms with E-state index in [-0.39, 0.29) is 29.1 Å². The summed E-state index contributed by atoms with van der Waals surface area (Å²) in [5.74, 6) is -0.508. The summed E-state index contributed by atoms with van der Waals surface area (Å²) < 4.78 is 35.6. The van der Waals surface area contributed by atoms with Crippen molar-refractivity contribution in [3.8, 4) is 5.75 Å². The number of rotatable bonds is 13. The number of benzene rings is 3. The van der Waals surface area contributed by atoms with Crippen LogP contribution >= 0.6 is 15.9 Å². The van der Waals surface area contributed by atoms with Gasteiger partial charge in [-0.05, 0) is 69.2 Å². The van der Waals surface area contributed by atoms with Gasteiger partial charge in [-0.25, -0.2) is 8.42 Å². The Morgan fingerprint density at radius 3 is 2.17 bits per heavy atom. The SMILES string of the molecule is CCOc1ccccc1N(CC(=O)N(Cc1ccc(Br)cc1)[C@H](C)C(=O)N[C@@H](C)CC)S(=O)(=O)c1ccccc1. The Morgan fingerprint density at radius 1 is 0.925 bits per heavy atom. The van der Waals surface area contributed by atoms with E-state index in [0.29, 0.717) is 12.4 Å². The summed E-state index contributed by atoms with van der Waals surface area (Å²) in [5, 5.41) is 2.93. The Bertz CT molecular complexity index is 1380. The molecule has 1 N–H and O–H groups in total. The number of para-hydroxylation sites is 2. The zero-order valence-corrected chi connectivity index (χ0v) is 25.6. The van der Waals surface area contributed by atoms with E-state index < -0.39 is 28.5 Å². The van der Waals surface area contributed by atoms with Crippen molar-refractivity contribution in [2.45, 2.75) is 57.6 Å². The minimum atomic E-state index is -4.17. The third-order valence-electron chi connectivity index (χ3n) is 6.48. The molecule has 0 spiro atoms. The van der Waals surface area contributed by atoms with Crippen LogP contribution in [0.2, 0.25) is 0 Å². The summed E-state index contributed by atoms with van der Waals surface area (Å²) in [6, 6.07) is 21.1. The van der Waals surface area contributed by atoms with Crippen molar-refractivity contribution >= 4 is 43.5 Å². The first-order chi connectivity index (χ1) is 19.1. The maximum absolute atomic E-state index is 14.0. The third kappa shape index (κ3) is 7.85. The van der Waals surface area contributed by atoms with Gasteiger partial charge in [-0.15, -0.1) is 0 Å². The lowest BCUT2D eigenvalue weighted by molar-refractivity contribution is -0.139. The first-order valence-electron chi connectivity index (χ1n) is 13.2. The van der Waals surface area contributed by atoms with Crippen LogP contribution < -0.4 is 14.4 Å². The van der Waals surface area contributed by atoms with Crippen molar-refractivity contribution in [3.05, 3.63) is 88.9 Å². The van der Waals surface area contributed by atoms with E-state index in [1.54, 1.807) is 56.3 Å². The van der Waals surface area contributed by atoms with Gasteiger partial charge in [0.2, 0.25) is 11.8 Å². The first kappa shape index (κ1) is 31.2. The van der Waals surface area contributed by atoms with E-state index in [1.165, 1.54) is 17.0 Å². The molecule has 0 aliphatic rings. The number of hydrogen-bond acceptors (Lipinski definition) is 5. The number of sulfonamides is 1. The Morgan fingerprint density at radius 2 is 1.55 bits per heavy atom. The molecule has 2 atom stereocenters. The van der Waals surface area contributed by atoms with E-state index in [1.807, 2.05) is 38.1 Å². The van der Waals surface area contributed by atoms with Gasteiger partial charge in [-0.2, -0.15) is 0 Å². The van der Waals surface area contributed by atoms with Crippen molar-refractivity contribution in [1.82, 2.24) is 10.2 Å². The van der Waals surface area contributed by atoms with Gasteiger partial charge in [0.25, 0.3) is 10.0 Å². The minimum absolute atomic E-state index is 0.0381. The van der Waals surface area contributed by atoms with E-state index in [0.717, 1.165) is 20.8 Å². The van der Waals surface area contributed by atoms with Crippen molar-refractivity contribution in [2.75, 3.05) is 17.5 Å². The monoisotopic (exact) mass is 629 g/mol. The lowest BCUT2D eigenvalue weighted by Crippen LogP contribution is -2.52. The highest BCUT2D eigenvalue weighted by Gasteiger charge is 2.34. The molecule has 8 nitrogen and oxygen atoms in total. The number of anilines is 1. The number of ether oxygens (including phenoxy) is 1. The molecule has 0 bridgehead atoms. The normalized spacial score (nSPS) is 12.7. The number of nitrogens with one attached hydrogen (secondary N) is 1. The summed E-state index contributed by atoms with van der Waals surface area (Å²) in [5.41, 5.74) is 1.04. The van der Waals surface area contributed by atoms with Gasteiger partial charge in [0.15, 0.2) is 0 Å². The predicted octanol–water partition coefficient (Wildman–Crippen LogP) is 5.38. The van der Waals surface area contributed by atoms with Crippen LogP contribution in [0.15, 0.2) is 88.2 Å². The molecule has 40 heavy (non-hydrogen) atoms. The second-order valence-electron chi connectivity index (χ2n) is 9.37. The topological polar surface area (TPSA) is 96.0 Å². The van der Waals surface area contributed by atoms with Gasteiger partial charge < -0.3 is 15.0 Å². The fourth-order valence-electron chi connectivity index (χ4n) is 4.01. The summed E-state index contributed by atoms with van der Waals surface area (Å²) in [7, 11) is -4.17. The van der Waals surface area contributed by atoms with Crippen LogP contribution in [0.5, 0.6) is 5.75 Å². The molecule has 3 aromatic carbocycles. The van der Waals surface area contributed by atoms with Crippen molar-refractivity contribution in [1.29, 1.82) is 0 Å². The molecule has 214 valence electrons. The fraction of sp³-hybridized carbons (Fsp3) is 0.333. The van der Waals surface area contributed by atoms with Crippen LogP contribution in [-0.4, -0.2) is 50.4 Å².